The summed E-state index contributed by atoms with van der Waals surface area (Å²) < 4.78 is 4.95. The molecule has 4 nitrogen and oxygen atoms in total. The lowest BCUT2D eigenvalue weighted by Crippen LogP contribution is -2.23. The second-order valence-corrected chi connectivity index (χ2v) is 4.97. The van der Waals surface area contributed by atoms with E-state index in [-0.39, 0.29) is 0 Å². The number of H-pyrrole nitrogens is 1. The first-order valence-electron chi connectivity index (χ1n) is 6.53. The summed E-state index contributed by atoms with van der Waals surface area (Å²) in [6, 6.07) is 0. The third kappa shape index (κ3) is 2.26. The van der Waals surface area contributed by atoms with Gasteiger partial charge in [0.2, 0.25) is 0 Å². The summed E-state index contributed by atoms with van der Waals surface area (Å²) in [5, 5.41) is 5.87. The Labute approximate surface area is 111 Å². The lowest BCUT2D eigenvalue weighted by atomic mass is 10.1. The van der Waals surface area contributed by atoms with Crippen molar-refractivity contribution in [2.75, 3.05) is 0 Å². The Morgan fingerprint density at radius 1 is 1.53 bits per heavy atom. The summed E-state index contributed by atoms with van der Waals surface area (Å²) in [4.78, 5) is 8.02. The van der Waals surface area contributed by atoms with Crippen molar-refractivity contribution in [1.82, 2.24) is 15.1 Å². The van der Waals surface area contributed by atoms with Crippen LogP contribution in [-0.2, 0) is 0 Å². The number of allylic oxidation sites excluding steroid dienone is 1. The topological polar surface area (TPSA) is 54.7 Å². The van der Waals surface area contributed by atoms with Crippen molar-refractivity contribution < 1.29 is 4.52 Å². The molecular formula is C15H17N3O. The maximum Gasteiger partial charge on any atom is 0.131 e. The summed E-state index contributed by atoms with van der Waals surface area (Å²) in [6.07, 6.45) is 8.13. The number of rotatable bonds is 3. The van der Waals surface area contributed by atoms with Gasteiger partial charge in [0.15, 0.2) is 0 Å². The number of hydrogen-bond acceptors (Lipinski definition) is 3. The normalized spacial score (nSPS) is 17.2. The number of aryl methyl sites for hydroxylation is 1. The Morgan fingerprint density at radius 3 is 2.89 bits per heavy atom. The largest absolute Gasteiger partial charge is 0.364 e. The van der Waals surface area contributed by atoms with Gasteiger partial charge in [-0.1, -0.05) is 17.8 Å². The van der Waals surface area contributed by atoms with Crippen LogP contribution in [0.1, 0.15) is 42.8 Å². The second-order valence-electron chi connectivity index (χ2n) is 4.97. The predicted octanol–water partition coefficient (Wildman–Crippen LogP) is 1.88. The molecule has 0 amide bonds. The highest BCUT2D eigenvalue weighted by molar-refractivity contribution is 5.86. The van der Waals surface area contributed by atoms with Crippen LogP contribution in [0.3, 0.4) is 0 Å². The standard InChI is InChI=1S/C15H17N3O/c1-4-13-14(17-15(16-13)11-5-6-11)7-9(2)12-8-19-18-10(12)3/h4,7-8,11H,2,5-6H2,1,3H3,(H,16,17). The molecule has 1 N–H and O–H groups in total. The van der Waals surface area contributed by atoms with Crippen LogP contribution in [0, 0.1) is 6.92 Å². The highest BCUT2D eigenvalue weighted by Crippen LogP contribution is 2.37. The maximum absolute atomic E-state index is 4.95. The fraction of sp³-hybridized carbons (Fsp3) is 0.333. The molecule has 19 heavy (non-hydrogen) atoms. The SMILES string of the molecule is C=C(C=c1[nH]c(C2CC2)nc1=CC)c1conc1C. The van der Waals surface area contributed by atoms with Gasteiger partial charge in [0.1, 0.15) is 12.1 Å². The van der Waals surface area contributed by atoms with E-state index >= 15 is 0 Å². The van der Waals surface area contributed by atoms with E-state index in [0.717, 1.165) is 33.4 Å². The minimum absolute atomic E-state index is 0.617. The van der Waals surface area contributed by atoms with Crippen LogP contribution in [0.15, 0.2) is 17.4 Å². The fourth-order valence-electron chi connectivity index (χ4n) is 2.15. The van der Waals surface area contributed by atoms with Crippen LogP contribution >= 0.6 is 0 Å². The Bertz CT molecular complexity index is 732. The molecule has 98 valence electrons. The van der Waals surface area contributed by atoms with Gasteiger partial charge in [0.25, 0.3) is 0 Å². The molecule has 0 atom stereocenters. The quantitative estimate of drug-likeness (QED) is 0.911. The van der Waals surface area contributed by atoms with E-state index in [1.807, 2.05) is 26.0 Å². The van der Waals surface area contributed by atoms with Crippen molar-refractivity contribution in [1.29, 1.82) is 0 Å². The summed E-state index contributed by atoms with van der Waals surface area (Å²) in [5.41, 5.74) is 2.67. The van der Waals surface area contributed by atoms with Crippen LogP contribution in [-0.4, -0.2) is 15.1 Å². The molecule has 2 aromatic rings. The van der Waals surface area contributed by atoms with Crippen LogP contribution in [0.2, 0.25) is 0 Å². The summed E-state index contributed by atoms with van der Waals surface area (Å²) in [7, 11) is 0. The van der Waals surface area contributed by atoms with E-state index in [9.17, 15) is 0 Å². The summed E-state index contributed by atoms with van der Waals surface area (Å²) >= 11 is 0. The van der Waals surface area contributed by atoms with E-state index in [0.29, 0.717) is 5.92 Å². The molecule has 0 aliphatic heterocycles. The van der Waals surface area contributed by atoms with E-state index in [1.165, 1.54) is 12.8 Å². The van der Waals surface area contributed by atoms with E-state index in [1.54, 1.807) is 6.26 Å². The molecule has 1 aliphatic rings. The van der Waals surface area contributed by atoms with Crippen molar-refractivity contribution in [3.8, 4) is 0 Å². The Balaban J connectivity index is 2.04. The van der Waals surface area contributed by atoms with Gasteiger partial charge in [-0.25, -0.2) is 4.98 Å². The Kier molecular flexibility index (Phi) is 2.85. The lowest BCUT2D eigenvalue weighted by molar-refractivity contribution is 0.415. The van der Waals surface area contributed by atoms with Crippen LogP contribution in [0.4, 0.5) is 0 Å². The molecule has 2 heterocycles. The third-order valence-electron chi connectivity index (χ3n) is 3.43. The number of nitrogens with zero attached hydrogens (tertiary/aromatic N) is 2. The first-order chi connectivity index (χ1) is 9.19. The zero-order valence-corrected chi connectivity index (χ0v) is 11.2. The van der Waals surface area contributed by atoms with Crippen LogP contribution in [0.5, 0.6) is 0 Å². The molecule has 0 bridgehead atoms. The summed E-state index contributed by atoms with van der Waals surface area (Å²) in [5.74, 6) is 1.71. The highest BCUT2D eigenvalue weighted by Gasteiger charge is 2.26. The zero-order valence-electron chi connectivity index (χ0n) is 11.2. The van der Waals surface area contributed by atoms with E-state index in [4.69, 9.17) is 4.52 Å². The number of imidazole rings is 1. The molecular weight excluding hydrogens is 238 g/mol. The molecule has 1 saturated carbocycles. The lowest BCUT2D eigenvalue weighted by Gasteiger charge is -1.94. The number of aromatic nitrogens is 3. The first kappa shape index (κ1) is 12.0. The molecule has 1 aliphatic carbocycles. The van der Waals surface area contributed by atoms with E-state index in [2.05, 4.69) is 21.7 Å². The molecule has 3 rings (SSSR count). The van der Waals surface area contributed by atoms with Gasteiger partial charge in [0, 0.05) is 11.5 Å². The van der Waals surface area contributed by atoms with Gasteiger partial charge in [-0.3, -0.25) is 0 Å². The number of nitrogens with one attached hydrogen (secondary N) is 1. The molecule has 1 fully saturated rings. The predicted molar refractivity (Wildman–Crippen MR) is 74.7 cm³/mol. The molecule has 0 aromatic carbocycles. The molecule has 4 heteroatoms. The Hall–Kier alpha value is -2.10. The minimum Gasteiger partial charge on any atom is -0.364 e. The molecule has 0 saturated heterocycles. The average Bonchev–Trinajstić information content (AvgIpc) is 3.03. The van der Waals surface area contributed by atoms with Crippen molar-refractivity contribution in [2.24, 2.45) is 0 Å². The zero-order chi connectivity index (χ0) is 13.4. The molecule has 2 aromatic heterocycles. The van der Waals surface area contributed by atoms with Crippen molar-refractivity contribution >= 4 is 17.7 Å². The number of aromatic amines is 1. The highest BCUT2D eigenvalue weighted by atomic mass is 16.5. The van der Waals surface area contributed by atoms with Gasteiger partial charge < -0.3 is 9.51 Å². The smallest absolute Gasteiger partial charge is 0.131 e. The number of hydrogen-bond donors (Lipinski definition) is 1. The maximum atomic E-state index is 4.95. The average molecular weight is 255 g/mol. The monoisotopic (exact) mass is 255 g/mol. The van der Waals surface area contributed by atoms with Gasteiger partial charge in [0.05, 0.1) is 16.4 Å². The van der Waals surface area contributed by atoms with Gasteiger partial charge >= 0.3 is 0 Å². The summed E-state index contributed by atoms with van der Waals surface area (Å²) in [6.45, 7) is 7.99. The Morgan fingerprint density at radius 2 is 2.32 bits per heavy atom. The first-order valence-corrected chi connectivity index (χ1v) is 6.53. The molecule has 0 radical (unpaired) electrons. The van der Waals surface area contributed by atoms with Crippen molar-refractivity contribution in [3.63, 3.8) is 0 Å². The third-order valence-corrected chi connectivity index (χ3v) is 3.43. The van der Waals surface area contributed by atoms with Crippen LogP contribution in [0.25, 0.3) is 17.7 Å². The van der Waals surface area contributed by atoms with Gasteiger partial charge in [-0.05, 0) is 38.3 Å². The van der Waals surface area contributed by atoms with Crippen molar-refractivity contribution in [3.05, 3.63) is 40.6 Å². The van der Waals surface area contributed by atoms with Crippen molar-refractivity contribution in [2.45, 2.75) is 32.6 Å². The van der Waals surface area contributed by atoms with E-state index < -0.39 is 0 Å². The molecule has 0 spiro atoms. The van der Waals surface area contributed by atoms with Gasteiger partial charge in [-0.2, -0.15) is 0 Å². The van der Waals surface area contributed by atoms with Crippen LogP contribution < -0.4 is 10.7 Å². The fourth-order valence-corrected chi connectivity index (χ4v) is 2.15. The molecule has 0 unspecified atom stereocenters. The van der Waals surface area contributed by atoms with Gasteiger partial charge in [-0.15, -0.1) is 0 Å². The minimum atomic E-state index is 0.617. The second kappa shape index (κ2) is 4.53.